The van der Waals surface area contributed by atoms with E-state index in [1.807, 2.05) is 37.3 Å². The minimum absolute atomic E-state index is 0.0242. The predicted octanol–water partition coefficient (Wildman–Crippen LogP) is 2.49. The van der Waals surface area contributed by atoms with E-state index in [9.17, 15) is 4.79 Å². The molecule has 0 saturated carbocycles. The zero-order chi connectivity index (χ0) is 18.1. The van der Waals surface area contributed by atoms with Gasteiger partial charge in [-0.25, -0.2) is 4.98 Å². The summed E-state index contributed by atoms with van der Waals surface area (Å²) >= 11 is 0. The summed E-state index contributed by atoms with van der Waals surface area (Å²) in [6.45, 7) is 0.704. The lowest BCUT2D eigenvalue weighted by molar-refractivity contribution is 0.0725. The van der Waals surface area contributed by atoms with Crippen LogP contribution >= 0.6 is 0 Å². The standard InChI is InChI=1S/C18H20N6O2/c1-19-17-8-12(5-6-20-17)15-4-3-7-24(15)18(25)14-9-16(26-22-14)13-10-21-23(2)11-13/h5-6,8-11,15H,3-4,7H2,1-2H3,(H,19,20)/t15-/m0/s1. The number of amides is 1. The van der Waals surface area contributed by atoms with Gasteiger partial charge in [-0.15, -0.1) is 0 Å². The van der Waals surface area contributed by atoms with Crippen LogP contribution in [0.15, 0.2) is 41.3 Å². The molecule has 8 heteroatoms. The molecule has 0 unspecified atom stereocenters. The molecule has 1 fully saturated rings. The second kappa shape index (κ2) is 6.62. The molecule has 3 aromatic rings. The number of anilines is 1. The van der Waals surface area contributed by atoms with Gasteiger partial charge in [0, 0.05) is 39.1 Å². The number of nitrogens with zero attached hydrogens (tertiary/aromatic N) is 5. The highest BCUT2D eigenvalue weighted by Gasteiger charge is 2.32. The van der Waals surface area contributed by atoms with Gasteiger partial charge >= 0.3 is 0 Å². The lowest BCUT2D eigenvalue weighted by Crippen LogP contribution is -2.30. The van der Waals surface area contributed by atoms with E-state index in [0.717, 1.165) is 29.8 Å². The Labute approximate surface area is 150 Å². The van der Waals surface area contributed by atoms with Crippen LogP contribution in [0.2, 0.25) is 0 Å². The largest absolute Gasteiger partial charge is 0.373 e. The van der Waals surface area contributed by atoms with Crippen LogP contribution < -0.4 is 5.32 Å². The first kappa shape index (κ1) is 16.3. The van der Waals surface area contributed by atoms with E-state index in [2.05, 4.69) is 20.6 Å². The molecule has 26 heavy (non-hydrogen) atoms. The molecule has 0 bridgehead atoms. The van der Waals surface area contributed by atoms with Crippen LogP contribution in [0.1, 0.15) is 34.9 Å². The molecule has 1 aliphatic heterocycles. The average Bonchev–Trinajstić information content (AvgIpc) is 3.41. The van der Waals surface area contributed by atoms with Gasteiger partial charge in [-0.2, -0.15) is 5.10 Å². The van der Waals surface area contributed by atoms with E-state index >= 15 is 0 Å². The van der Waals surface area contributed by atoms with Gasteiger partial charge in [0.15, 0.2) is 11.5 Å². The summed E-state index contributed by atoms with van der Waals surface area (Å²) in [6.07, 6.45) is 7.15. The zero-order valence-electron chi connectivity index (χ0n) is 14.7. The van der Waals surface area contributed by atoms with Crippen molar-refractivity contribution in [2.45, 2.75) is 18.9 Å². The number of hydrogen-bond donors (Lipinski definition) is 1. The number of aryl methyl sites for hydroxylation is 1. The molecule has 0 radical (unpaired) electrons. The van der Waals surface area contributed by atoms with Gasteiger partial charge in [0.25, 0.3) is 5.91 Å². The Bertz CT molecular complexity index is 931. The van der Waals surface area contributed by atoms with Crippen molar-refractivity contribution in [3.8, 4) is 11.3 Å². The predicted molar refractivity (Wildman–Crippen MR) is 95.5 cm³/mol. The highest BCUT2D eigenvalue weighted by Crippen LogP contribution is 2.34. The molecule has 134 valence electrons. The van der Waals surface area contributed by atoms with Crippen molar-refractivity contribution >= 4 is 11.7 Å². The smallest absolute Gasteiger partial charge is 0.276 e. The van der Waals surface area contributed by atoms with E-state index < -0.39 is 0 Å². The summed E-state index contributed by atoms with van der Waals surface area (Å²) in [5, 5.41) is 11.1. The first-order chi connectivity index (χ1) is 12.7. The Morgan fingerprint density at radius 1 is 1.38 bits per heavy atom. The monoisotopic (exact) mass is 352 g/mol. The fourth-order valence-electron chi connectivity index (χ4n) is 3.35. The minimum atomic E-state index is -0.116. The van der Waals surface area contributed by atoms with Gasteiger partial charge < -0.3 is 14.7 Å². The maximum Gasteiger partial charge on any atom is 0.276 e. The second-order valence-electron chi connectivity index (χ2n) is 6.36. The van der Waals surface area contributed by atoms with E-state index in [1.54, 1.807) is 23.1 Å². The summed E-state index contributed by atoms with van der Waals surface area (Å²) in [4.78, 5) is 19.1. The molecule has 4 heterocycles. The number of carbonyl (C=O) groups excluding carboxylic acids is 1. The third-order valence-corrected chi connectivity index (χ3v) is 4.66. The van der Waals surface area contributed by atoms with Crippen LogP contribution in [-0.2, 0) is 7.05 Å². The van der Waals surface area contributed by atoms with Gasteiger partial charge in [-0.05, 0) is 30.5 Å². The minimum Gasteiger partial charge on any atom is -0.373 e. The normalized spacial score (nSPS) is 16.8. The maximum atomic E-state index is 13.0. The van der Waals surface area contributed by atoms with Gasteiger partial charge in [-0.1, -0.05) is 5.16 Å². The summed E-state index contributed by atoms with van der Waals surface area (Å²) in [7, 11) is 3.66. The maximum absolute atomic E-state index is 13.0. The Morgan fingerprint density at radius 3 is 3.04 bits per heavy atom. The lowest BCUT2D eigenvalue weighted by Gasteiger charge is -2.24. The fourth-order valence-corrected chi connectivity index (χ4v) is 3.35. The van der Waals surface area contributed by atoms with Crippen molar-refractivity contribution in [1.82, 2.24) is 24.8 Å². The fraction of sp³-hybridized carbons (Fsp3) is 0.333. The van der Waals surface area contributed by atoms with Gasteiger partial charge in [0.2, 0.25) is 0 Å². The molecule has 1 atom stereocenters. The van der Waals surface area contributed by atoms with Crippen LogP contribution in [0.4, 0.5) is 5.82 Å². The van der Waals surface area contributed by atoms with Crippen molar-refractivity contribution in [2.75, 3.05) is 18.9 Å². The van der Waals surface area contributed by atoms with Gasteiger partial charge in [0.1, 0.15) is 5.82 Å². The SMILES string of the molecule is CNc1cc([C@@H]2CCCN2C(=O)c2cc(-c3cnn(C)c3)on2)ccn1. The molecule has 3 aromatic heterocycles. The number of nitrogens with one attached hydrogen (secondary N) is 1. The van der Waals surface area contributed by atoms with Crippen LogP contribution in [0.3, 0.4) is 0 Å². The highest BCUT2D eigenvalue weighted by atomic mass is 16.5. The summed E-state index contributed by atoms with van der Waals surface area (Å²) in [5.74, 6) is 1.22. The molecule has 1 saturated heterocycles. The molecule has 1 amide bonds. The number of hydrogen-bond acceptors (Lipinski definition) is 6. The molecule has 0 aromatic carbocycles. The van der Waals surface area contributed by atoms with Crippen LogP contribution in [0.5, 0.6) is 0 Å². The summed E-state index contributed by atoms with van der Waals surface area (Å²) in [6, 6.07) is 5.65. The number of likely N-dealkylation sites (tertiary alicyclic amines) is 1. The van der Waals surface area contributed by atoms with Crippen molar-refractivity contribution < 1.29 is 9.32 Å². The highest BCUT2D eigenvalue weighted by molar-refractivity contribution is 5.93. The number of aromatic nitrogens is 4. The second-order valence-corrected chi connectivity index (χ2v) is 6.36. The van der Waals surface area contributed by atoms with Crippen LogP contribution in [0, 0.1) is 0 Å². The number of carbonyl (C=O) groups is 1. The summed E-state index contributed by atoms with van der Waals surface area (Å²) < 4.78 is 7.03. The summed E-state index contributed by atoms with van der Waals surface area (Å²) in [5.41, 5.74) is 2.19. The zero-order valence-corrected chi connectivity index (χ0v) is 14.7. The topological polar surface area (TPSA) is 89.1 Å². The Hall–Kier alpha value is -3.16. The van der Waals surface area contributed by atoms with Gasteiger partial charge in [-0.3, -0.25) is 9.48 Å². The molecule has 1 aliphatic rings. The Kier molecular flexibility index (Phi) is 4.16. The van der Waals surface area contributed by atoms with E-state index in [1.165, 1.54) is 0 Å². The van der Waals surface area contributed by atoms with E-state index in [4.69, 9.17) is 4.52 Å². The lowest BCUT2D eigenvalue weighted by atomic mass is 10.1. The first-order valence-corrected chi connectivity index (χ1v) is 8.56. The van der Waals surface area contributed by atoms with Crippen molar-refractivity contribution in [2.24, 2.45) is 7.05 Å². The Morgan fingerprint density at radius 2 is 2.27 bits per heavy atom. The molecule has 8 nitrogen and oxygen atoms in total. The van der Waals surface area contributed by atoms with E-state index in [0.29, 0.717) is 18.0 Å². The van der Waals surface area contributed by atoms with E-state index in [-0.39, 0.29) is 11.9 Å². The Balaban J connectivity index is 1.58. The van der Waals surface area contributed by atoms with Crippen LogP contribution in [-0.4, -0.2) is 44.3 Å². The molecule has 0 spiro atoms. The molecular weight excluding hydrogens is 332 g/mol. The van der Waals surface area contributed by atoms with Gasteiger partial charge in [0.05, 0.1) is 17.8 Å². The molecule has 4 rings (SSSR count). The average molecular weight is 352 g/mol. The third-order valence-electron chi connectivity index (χ3n) is 4.66. The van der Waals surface area contributed by atoms with Crippen molar-refractivity contribution in [3.63, 3.8) is 0 Å². The number of pyridine rings is 1. The quantitative estimate of drug-likeness (QED) is 0.776. The third kappa shape index (κ3) is 2.94. The first-order valence-electron chi connectivity index (χ1n) is 8.56. The molecular formula is C18H20N6O2. The van der Waals surface area contributed by atoms with Crippen LogP contribution in [0.25, 0.3) is 11.3 Å². The molecule has 0 aliphatic carbocycles. The number of rotatable bonds is 4. The van der Waals surface area contributed by atoms with Crippen molar-refractivity contribution in [1.29, 1.82) is 0 Å². The van der Waals surface area contributed by atoms with Crippen molar-refractivity contribution in [3.05, 3.63) is 48.0 Å². The molecule has 1 N–H and O–H groups in total.